The lowest BCUT2D eigenvalue weighted by atomic mass is 10.0. The molecule has 0 fully saturated rings. The molecule has 1 aliphatic rings. The van der Waals surface area contributed by atoms with Crippen LogP contribution in [0.5, 0.6) is 0 Å². The van der Waals surface area contributed by atoms with E-state index in [-0.39, 0.29) is 17.9 Å². The van der Waals surface area contributed by atoms with Gasteiger partial charge in [0, 0.05) is 21.9 Å². The summed E-state index contributed by atoms with van der Waals surface area (Å²) in [6, 6.07) is 14.1. The van der Waals surface area contributed by atoms with Crippen LogP contribution in [0.2, 0.25) is 0 Å². The fourth-order valence-electron chi connectivity index (χ4n) is 3.39. The molecular weight excluding hydrogens is 290 g/mol. The summed E-state index contributed by atoms with van der Waals surface area (Å²) in [5.74, 6) is -0.0642. The lowest BCUT2D eigenvalue weighted by molar-refractivity contribution is 0.104. The minimum absolute atomic E-state index is 0.0642. The molecule has 0 bridgehead atoms. The summed E-state index contributed by atoms with van der Waals surface area (Å²) in [5.41, 5.74) is 2.37. The molecule has 1 N–H and O–H groups in total. The van der Waals surface area contributed by atoms with Gasteiger partial charge >= 0.3 is 0 Å². The highest BCUT2D eigenvalue weighted by atomic mass is 16.3. The number of hydrogen-bond acceptors (Lipinski definition) is 3. The molecule has 4 heteroatoms. The third-order valence-corrected chi connectivity index (χ3v) is 4.48. The van der Waals surface area contributed by atoms with Crippen LogP contribution in [-0.4, -0.2) is 22.1 Å². The molecule has 1 heterocycles. The molecule has 0 unspecified atom stereocenters. The lowest BCUT2D eigenvalue weighted by Crippen LogP contribution is -2.27. The number of fused-ring (bicyclic) bond motifs is 5. The normalized spacial score (nSPS) is 13.9. The fourth-order valence-corrected chi connectivity index (χ4v) is 3.39. The first-order valence-corrected chi connectivity index (χ1v) is 7.57. The number of carbonyl (C=O) groups excluding carboxylic acids is 1. The van der Waals surface area contributed by atoms with E-state index < -0.39 is 6.04 Å². The third-order valence-electron chi connectivity index (χ3n) is 4.48. The number of hydrogen-bond donors (Lipinski definition) is 1. The van der Waals surface area contributed by atoms with E-state index in [1.165, 1.54) is 0 Å². The molecule has 1 aromatic heterocycles. The van der Waals surface area contributed by atoms with Gasteiger partial charge in [0.25, 0.3) is 5.56 Å². The van der Waals surface area contributed by atoms with Crippen LogP contribution in [0.1, 0.15) is 28.9 Å². The molecular formula is C19H15NO3. The second-order valence-electron chi connectivity index (χ2n) is 5.85. The summed E-state index contributed by atoms with van der Waals surface area (Å²) >= 11 is 0. The molecule has 1 atom stereocenters. The first-order valence-electron chi connectivity index (χ1n) is 7.57. The maximum absolute atomic E-state index is 12.9. The van der Waals surface area contributed by atoms with E-state index in [1.807, 2.05) is 30.3 Å². The molecule has 0 saturated heterocycles. The summed E-state index contributed by atoms with van der Waals surface area (Å²) < 4.78 is 1.56. The zero-order chi connectivity index (χ0) is 16.1. The van der Waals surface area contributed by atoms with Gasteiger partial charge in [-0.3, -0.25) is 9.59 Å². The number of aliphatic hydroxyl groups is 1. The van der Waals surface area contributed by atoms with Crippen molar-refractivity contribution in [3.63, 3.8) is 0 Å². The van der Waals surface area contributed by atoms with Gasteiger partial charge in [0.1, 0.15) is 0 Å². The molecule has 3 aromatic rings. The Morgan fingerprint density at radius 3 is 2.26 bits per heavy atom. The van der Waals surface area contributed by atoms with Crippen LogP contribution in [0.3, 0.4) is 0 Å². The number of rotatable bonds is 2. The number of nitrogens with zero attached hydrogens (tertiary/aromatic N) is 1. The number of ketones is 1. The second-order valence-corrected chi connectivity index (χ2v) is 5.85. The van der Waals surface area contributed by atoms with Crippen molar-refractivity contribution in [2.24, 2.45) is 0 Å². The Morgan fingerprint density at radius 2 is 1.57 bits per heavy atom. The van der Waals surface area contributed by atoms with Gasteiger partial charge in [-0.1, -0.05) is 42.5 Å². The predicted molar refractivity (Wildman–Crippen MR) is 88.9 cm³/mol. The summed E-state index contributed by atoms with van der Waals surface area (Å²) in [4.78, 5) is 25.8. The third kappa shape index (κ3) is 1.75. The van der Waals surface area contributed by atoms with E-state index in [4.69, 9.17) is 0 Å². The molecule has 1 aliphatic carbocycles. The monoisotopic (exact) mass is 305 g/mol. The van der Waals surface area contributed by atoms with E-state index in [2.05, 4.69) is 0 Å². The summed E-state index contributed by atoms with van der Waals surface area (Å²) in [5, 5.41) is 10.8. The molecule has 23 heavy (non-hydrogen) atoms. The number of pyridine rings is 1. The van der Waals surface area contributed by atoms with Crippen molar-refractivity contribution in [2.45, 2.75) is 13.0 Å². The molecule has 4 rings (SSSR count). The zero-order valence-corrected chi connectivity index (χ0v) is 12.6. The van der Waals surface area contributed by atoms with Gasteiger partial charge in [-0.2, -0.15) is 0 Å². The average Bonchev–Trinajstić information content (AvgIpc) is 2.88. The minimum Gasteiger partial charge on any atom is -0.394 e. The summed E-state index contributed by atoms with van der Waals surface area (Å²) in [6.45, 7) is 1.61. The van der Waals surface area contributed by atoms with Crippen molar-refractivity contribution in [1.82, 2.24) is 4.57 Å². The molecule has 114 valence electrons. The van der Waals surface area contributed by atoms with E-state index in [0.717, 1.165) is 5.56 Å². The van der Waals surface area contributed by atoms with E-state index in [0.29, 0.717) is 27.6 Å². The Morgan fingerprint density at radius 1 is 0.957 bits per heavy atom. The van der Waals surface area contributed by atoms with Crippen LogP contribution >= 0.6 is 0 Å². The molecule has 0 saturated carbocycles. The summed E-state index contributed by atoms with van der Waals surface area (Å²) in [7, 11) is 0. The van der Waals surface area contributed by atoms with Crippen molar-refractivity contribution >= 4 is 16.6 Å². The van der Waals surface area contributed by atoms with Crippen LogP contribution in [0, 0.1) is 0 Å². The van der Waals surface area contributed by atoms with Crippen molar-refractivity contribution in [2.75, 3.05) is 6.61 Å². The molecule has 0 amide bonds. The van der Waals surface area contributed by atoms with Crippen molar-refractivity contribution in [1.29, 1.82) is 0 Å². The van der Waals surface area contributed by atoms with Gasteiger partial charge in [0.15, 0.2) is 5.78 Å². The van der Waals surface area contributed by atoms with Gasteiger partial charge < -0.3 is 9.67 Å². The largest absolute Gasteiger partial charge is 0.394 e. The number of benzene rings is 2. The van der Waals surface area contributed by atoms with Crippen LogP contribution in [-0.2, 0) is 0 Å². The maximum Gasteiger partial charge on any atom is 0.259 e. The van der Waals surface area contributed by atoms with E-state index >= 15 is 0 Å². The van der Waals surface area contributed by atoms with Gasteiger partial charge in [-0.05, 0) is 13.0 Å². The zero-order valence-electron chi connectivity index (χ0n) is 12.6. The minimum atomic E-state index is -0.403. The Kier molecular flexibility index (Phi) is 2.96. The molecule has 2 aromatic carbocycles. The van der Waals surface area contributed by atoms with Crippen molar-refractivity contribution in [3.8, 4) is 11.3 Å². The van der Waals surface area contributed by atoms with Crippen molar-refractivity contribution < 1.29 is 9.90 Å². The summed E-state index contributed by atoms with van der Waals surface area (Å²) in [6.07, 6.45) is 0. The average molecular weight is 305 g/mol. The highest BCUT2D eigenvalue weighted by Gasteiger charge is 2.33. The maximum atomic E-state index is 12.9. The van der Waals surface area contributed by atoms with Gasteiger partial charge in [0.2, 0.25) is 0 Å². The second kappa shape index (κ2) is 4.89. The predicted octanol–water partition coefficient (Wildman–Crippen LogP) is 2.77. The number of aromatic nitrogens is 1. The molecule has 0 radical (unpaired) electrons. The van der Waals surface area contributed by atoms with Crippen LogP contribution < -0.4 is 5.56 Å². The number of aliphatic hydroxyl groups excluding tert-OH is 1. The van der Waals surface area contributed by atoms with Gasteiger partial charge in [0.05, 0.1) is 23.9 Å². The highest BCUT2D eigenvalue weighted by Crippen LogP contribution is 2.39. The molecule has 0 spiro atoms. The quantitative estimate of drug-likeness (QED) is 0.619. The SMILES string of the molecule is C[C@H](CO)n1c2c(c3ccccc3c1=O)C(=O)c1ccccc1-2. The number of carbonyl (C=O) groups is 1. The Bertz CT molecular complexity index is 1020. The lowest BCUT2D eigenvalue weighted by Gasteiger charge is -2.19. The Hall–Kier alpha value is -2.72. The first-order chi connectivity index (χ1) is 11.1. The molecule has 0 aliphatic heterocycles. The first kappa shape index (κ1) is 13.9. The van der Waals surface area contributed by atoms with Crippen LogP contribution in [0.15, 0.2) is 53.3 Å². The van der Waals surface area contributed by atoms with E-state index in [1.54, 1.807) is 29.7 Å². The van der Waals surface area contributed by atoms with E-state index in [9.17, 15) is 14.7 Å². The van der Waals surface area contributed by atoms with Gasteiger partial charge in [-0.25, -0.2) is 0 Å². The van der Waals surface area contributed by atoms with Crippen LogP contribution in [0.4, 0.5) is 0 Å². The van der Waals surface area contributed by atoms with Crippen LogP contribution in [0.25, 0.3) is 22.0 Å². The standard InChI is InChI=1S/C19H15NO3/c1-11(10-21)20-17-13-7-3-4-8-14(13)18(22)16(17)12-6-2-5-9-15(12)19(20)23/h2-9,11,21H,10H2,1H3/t11-/m1/s1. The topological polar surface area (TPSA) is 59.3 Å². The highest BCUT2D eigenvalue weighted by molar-refractivity contribution is 6.26. The van der Waals surface area contributed by atoms with Crippen molar-refractivity contribution in [3.05, 3.63) is 70.0 Å². The Balaban J connectivity index is 2.26. The van der Waals surface area contributed by atoms with Gasteiger partial charge in [-0.15, -0.1) is 0 Å². The fraction of sp³-hybridized carbons (Fsp3) is 0.158. The molecule has 4 nitrogen and oxygen atoms in total. The smallest absolute Gasteiger partial charge is 0.259 e. The Labute approximate surface area is 132 Å².